The van der Waals surface area contributed by atoms with Gasteiger partial charge in [-0.2, -0.15) is 4.98 Å². The predicted octanol–water partition coefficient (Wildman–Crippen LogP) is 9.38. The molecule has 2 aliphatic heterocycles. The summed E-state index contributed by atoms with van der Waals surface area (Å²) in [6.07, 6.45) is 3.09. The van der Waals surface area contributed by atoms with E-state index in [2.05, 4.69) is 61.7 Å². The average Bonchev–Trinajstić information content (AvgIpc) is 3.93. The lowest BCUT2D eigenvalue weighted by molar-refractivity contribution is -0.0903. The minimum absolute atomic E-state index is 0.0437. The first kappa shape index (κ1) is 42.7. The summed E-state index contributed by atoms with van der Waals surface area (Å²) in [5, 5.41) is 3.25. The number of aromatic amines is 1. The molecule has 4 heterocycles. The standard InChI is InChI=1S/C45H54N5O7PS2/c1-28(2)25-46-43-48-41-40(42(51)49-43)47-27-50(41)39-24-36(56-58(59)57-38-23-30(29(3)4)21-22-44(38,5)60-58)37(55-39)26-54-45(31-11-9-8-10-12-31,32-13-17-34(52-6)18-14-32)33-15-19-35(53-7)20-16-33/h8-20,27-28,30,36-39H,3,21-26H2,1-2,4-7H3,(H2,46,48,49,51)/t30-,36+,37-,38+,39-,44+,58?/m1/s1. The highest BCUT2D eigenvalue weighted by atomic mass is 32.9. The highest BCUT2D eigenvalue weighted by Gasteiger charge is 2.55. The number of nitrogens with zero attached hydrogens (tertiary/aromatic N) is 3. The number of H-pyrrole nitrogens is 1. The van der Waals surface area contributed by atoms with E-state index in [4.69, 9.17) is 44.8 Å². The van der Waals surface area contributed by atoms with Crippen molar-refractivity contribution in [1.82, 2.24) is 19.5 Å². The van der Waals surface area contributed by atoms with Gasteiger partial charge in [0.05, 0.1) is 39.4 Å². The topological polar surface area (TPSA) is 131 Å². The molecule has 60 heavy (non-hydrogen) atoms. The highest BCUT2D eigenvalue weighted by Crippen LogP contribution is 2.76. The van der Waals surface area contributed by atoms with Gasteiger partial charge in [0.2, 0.25) is 11.6 Å². The summed E-state index contributed by atoms with van der Waals surface area (Å²) >= 11 is 8.07. The lowest BCUT2D eigenvalue weighted by Crippen LogP contribution is -2.39. The van der Waals surface area contributed by atoms with Gasteiger partial charge < -0.3 is 33.3 Å². The van der Waals surface area contributed by atoms with Crippen molar-refractivity contribution >= 4 is 46.0 Å². The van der Waals surface area contributed by atoms with Gasteiger partial charge in [0.1, 0.15) is 29.4 Å². The van der Waals surface area contributed by atoms with E-state index in [1.54, 1.807) is 31.9 Å². The summed E-state index contributed by atoms with van der Waals surface area (Å²) < 4.78 is 41.1. The maximum absolute atomic E-state index is 13.2. The number of aromatic nitrogens is 4. The first-order valence-electron chi connectivity index (χ1n) is 20.5. The predicted molar refractivity (Wildman–Crippen MR) is 240 cm³/mol. The molecule has 7 atom stereocenters. The van der Waals surface area contributed by atoms with Crippen molar-refractivity contribution in [2.75, 3.05) is 32.7 Å². The Hall–Kier alpha value is -4.01. The fourth-order valence-electron chi connectivity index (χ4n) is 8.53. The minimum atomic E-state index is -2.87. The van der Waals surface area contributed by atoms with Crippen LogP contribution >= 0.6 is 17.1 Å². The van der Waals surface area contributed by atoms with Crippen LogP contribution in [-0.2, 0) is 35.9 Å². The second-order valence-electron chi connectivity index (χ2n) is 16.6. The van der Waals surface area contributed by atoms with E-state index in [1.807, 2.05) is 71.3 Å². The lowest BCUT2D eigenvalue weighted by Gasteiger charge is -2.37. The van der Waals surface area contributed by atoms with Crippen molar-refractivity contribution in [3.63, 3.8) is 0 Å². The van der Waals surface area contributed by atoms with E-state index < -0.39 is 29.7 Å². The Kier molecular flexibility index (Phi) is 12.4. The van der Waals surface area contributed by atoms with E-state index in [-0.39, 0.29) is 28.5 Å². The zero-order valence-corrected chi connectivity index (χ0v) is 37.5. The number of imidazole rings is 1. The van der Waals surface area contributed by atoms with Gasteiger partial charge in [0.25, 0.3) is 5.56 Å². The quantitative estimate of drug-likeness (QED) is 0.0591. The fraction of sp³-hybridized carbons (Fsp3) is 0.444. The molecule has 12 nitrogen and oxygen atoms in total. The number of fused-ring (bicyclic) bond motifs is 2. The van der Waals surface area contributed by atoms with Crippen molar-refractivity contribution < 1.29 is 28.0 Å². The maximum Gasteiger partial charge on any atom is 0.280 e. The Balaban J connectivity index is 1.18. The summed E-state index contributed by atoms with van der Waals surface area (Å²) in [6, 6.07) is 26.0. The van der Waals surface area contributed by atoms with Gasteiger partial charge >= 0.3 is 0 Å². The third-order valence-corrected chi connectivity index (χ3v) is 17.7. The zero-order chi connectivity index (χ0) is 42.2. The van der Waals surface area contributed by atoms with Gasteiger partial charge in [0, 0.05) is 17.7 Å². The molecule has 318 valence electrons. The molecule has 5 aromatic rings. The molecule has 8 rings (SSSR count). The molecule has 2 aromatic heterocycles. The molecule has 0 amide bonds. The molecular weight excluding hydrogens is 818 g/mol. The van der Waals surface area contributed by atoms with Gasteiger partial charge in [-0.25, -0.2) is 4.98 Å². The van der Waals surface area contributed by atoms with E-state index >= 15 is 0 Å². The van der Waals surface area contributed by atoms with E-state index in [0.29, 0.717) is 36.4 Å². The normalized spacial score (nSPS) is 26.6. The van der Waals surface area contributed by atoms with Crippen molar-refractivity contribution in [2.24, 2.45) is 11.8 Å². The van der Waals surface area contributed by atoms with E-state index in [0.717, 1.165) is 47.5 Å². The molecule has 15 heteroatoms. The molecule has 0 bridgehead atoms. The largest absolute Gasteiger partial charge is 0.497 e. The van der Waals surface area contributed by atoms with Crippen LogP contribution < -0.4 is 20.3 Å². The first-order valence-corrected chi connectivity index (χ1v) is 24.6. The number of anilines is 1. The Morgan fingerprint density at radius 1 is 1.05 bits per heavy atom. The molecule has 1 unspecified atom stereocenters. The number of rotatable bonds is 15. The van der Waals surface area contributed by atoms with Crippen LogP contribution in [0.3, 0.4) is 0 Å². The Morgan fingerprint density at radius 3 is 2.32 bits per heavy atom. The van der Waals surface area contributed by atoms with Crippen molar-refractivity contribution in [1.29, 1.82) is 0 Å². The second kappa shape index (κ2) is 17.4. The number of hydrogen-bond donors (Lipinski definition) is 2. The summed E-state index contributed by atoms with van der Waals surface area (Å²) in [5.74, 6) is 2.55. The smallest absolute Gasteiger partial charge is 0.280 e. The Morgan fingerprint density at radius 2 is 1.70 bits per heavy atom. The van der Waals surface area contributed by atoms with E-state index in [9.17, 15) is 4.79 Å². The monoisotopic (exact) mass is 871 g/mol. The molecule has 0 radical (unpaired) electrons. The summed E-state index contributed by atoms with van der Waals surface area (Å²) in [5.41, 5.74) is 0.198. The SMILES string of the molecule is C=C(C)[C@@H]1CC[C@]2(C)SP(=S)(O[C@H]3C[C@H](n4cnc5c(=O)[nH]c(NCC(C)C)nc54)O[C@@H]3COC(c3ccccc3)(c3ccc(OC)cc3)c3ccc(OC)cc3)O[C@H]2C1. The number of allylic oxidation sites excluding steroid dienone is 1. The zero-order valence-electron chi connectivity index (χ0n) is 35.0. The third-order valence-electron chi connectivity index (χ3n) is 11.9. The van der Waals surface area contributed by atoms with E-state index in [1.165, 1.54) is 5.57 Å². The van der Waals surface area contributed by atoms with Crippen LogP contribution in [0.1, 0.15) is 76.3 Å². The average molecular weight is 872 g/mol. The van der Waals surface area contributed by atoms with Crippen molar-refractivity contribution in [2.45, 2.75) is 88.3 Å². The molecule has 2 N–H and O–H groups in total. The van der Waals surface area contributed by atoms with Crippen LogP contribution in [0.2, 0.25) is 0 Å². The summed E-state index contributed by atoms with van der Waals surface area (Å²) in [7, 11) is 3.31. The van der Waals surface area contributed by atoms with Gasteiger partial charge in [-0.05, 0) is 97.7 Å². The van der Waals surface area contributed by atoms with Gasteiger partial charge in [-0.1, -0.05) is 92.0 Å². The molecule has 3 fully saturated rings. The number of benzene rings is 3. The third kappa shape index (κ3) is 8.44. The number of methoxy groups -OCH3 is 2. The fourth-order valence-corrected chi connectivity index (χ4v) is 16.1. The van der Waals surface area contributed by atoms with Crippen LogP contribution in [0, 0.1) is 11.8 Å². The minimum Gasteiger partial charge on any atom is -0.497 e. The number of hydrogen-bond acceptors (Lipinski definition) is 12. The molecule has 0 spiro atoms. The number of nitrogens with one attached hydrogen (secondary N) is 2. The molecule has 2 saturated heterocycles. The molecule has 3 aromatic carbocycles. The lowest BCUT2D eigenvalue weighted by atomic mass is 9.77. The summed E-state index contributed by atoms with van der Waals surface area (Å²) in [6.45, 7) is 13.5. The number of ether oxygens (including phenoxy) is 4. The Labute approximate surface area is 360 Å². The Bertz CT molecular complexity index is 2360. The molecule has 3 aliphatic rings. The van der Waals surface area contributed by atoms with Crippen LogP contribution in [0.4, 0.5) is 5.95 Å². The van der Waals surface area contributed by atoms with Gasteiger partial charge in [0.15, 0.2) is 11.2 Å². The van der Waals surface area contributed by atoms with Crippen LogP contribution in [0.5, 0.6) is 11.5 Å². The second-order valence-corrected chi connectivity index (χ2v) is 23.2. The van der Waals surface area contributed by atoms with Crippen LogP contribution in [0.25, 0.3) is 11.2 Å². The molecular formula is C45H54N5O7PS2. The first-order chi connectivity index (χ1) is 28.8. The maximum atomic E-state index is 13.2. The van der Waals surface area contributed by atoms with Crippen molar-refractivity contribution in [3.05, 3.63) is 124 Å². The molecule has 1 saturated carbocycles. The van der Waals surface area contributed by atoms with Crippen LogP contribution in [0.15, 0.2) is 102 Å². The van der Waals surface area contributed by atoms with Gasteiger partial charge in [-0.15, -0.1) is 0 Å². The summed E-state index contributed by atoms with van der Waals surface area (Å²) in [4.78, 5) is 25.4. The van der Waals surface area contributed by atoms with Gasteiger partial charge in [-0.3, -0.25) is 14.3 Å². The van der Waals surface area contributed by atoms with Crippen LogP contribution in [-0.4, -0.2) is 69.9 Å². The highest BCUT2D eigenvalue weighted by molar-refractivity contribution is 8.68. The van der Waals surface area contributed by atoms with Crippen molar-refractivity contribution in [3.8, 4) is 11.5 Å². The molecule has 1 aliphatic carbocycles.